The first-order chi connectivity index (χ1) is 7.39. The second-order valence-electron chi connectivity index (χ2n) is 4.62. The van der Waals surface area contributed by atoms with E-state index in [2.05, 4.69) is 5.32 Å². The molecule has 0 bridgehead atoms. The fraction of sp³-hybridized carbons (Fsp3) is 0.900. The first-order valence-corrected chi connectivity index (χ1v) is 5.51. The van der Waals surface area contributed by atoms with Gasteiger partial charge in [0, 0.05) is 19.1 Å². The van der Waals surface area contributed by atoms with Gasteiger partial charge in [0.2, 0.25) is 0 Å². The molecule has 17 heavy (non-hydrogen) atoms. The highest BCUT2D eigenvalue weighted by atomic mass is 35.5. The number of hydrogen-bond donors (Lipinski definition) is 1. The number of nitrogens with one attached hydrogen (secondary N) is 1. The van der Waals surface area contributed by atoms with Crippen LogP contribution in [0.2, 0.25) is 0 Å². The number of piperazine rings is 1. The van der Waals surface area contributed by atoms with Crippen molar-refractivity contribution in [3.05, 3.63) is 0 Å². The second-order valence-corrected chi connectivity index (χ2v) is 4.62. The van der Waals surface area contributed by atoms with Gasteiger partial charge in [-0.15, -0.1) is 12.4 Å². The zero-order valence-electron chi connectivity index (χ0n) is 9.51. The Kier molecular flexibility index (Phi) is 3.98. The number of carbonyl (C=O) groups is 1. The van der Waals surface area contributed by atoms with Crippen molar-refractivity contribution >= 4 is 18.3 Å². The third kappa shape index (κ3) is 2.68. The number of halogens is 4. The average Bonchev–Trinajstić information content (AvgIpc) is 2.97. The zero-order valence-corrected chi connectivity index (χ0v) is 10.3. The Bertz CT molecular complexity index is 304. The molecular formula is C10H16ClF3N2O. The van der Waals surface area contributed by atoms with Crippen LogP contribution in [0.5, 0.6) is 0 Å². The van der Waals surface area contributed by atoms with Crippen LogP contribution in [0, 0.1) is 0 Å². The molecule has 2 fully saturated rings. The number of hydrogen-bond acceptors (Lipinski definition) is 2. The average molecular weight is 273 g/mol. The summed E-state index contributed by atoms with van der Waals surface area (Å²) < 4.78 is 37.3. The van der Waals surface area contributed by atoms with Gasteiger partial charge in [0.1, 0.15) is 0 Å². The van der Waals surface area contributed by atoms with Gasteiger partial charge in [-0.05, 0) is 19.3 Å². The van der Waals surface area contributed by atoms with Crippen molar-refractivity contribution in [3.8, 4) is 0 Å². The van der Waals surface area contributed by atoms with Crippen LogP contribution in [0.3, 0.4) is 0 Å². The summed E-state index contributed by atoms with van der Waals surface area (Å²) in [5.74, 6) is -1.68. The van der Waals surface area contributed by atoms with Crippen LogP contribution in [-0.4, -0.2) is 41.7 Å². The van der Waals surface area contributed by atoms with Crippen LogP contribution in [0.15, 0.2) is 0 Å². The van der Waals surface area contributed by atoms with Crippen molar-refractivity contribution in [3.63, 3.8) is 0 Å². The highest BCUT2D eigenvalue weighted by Crippen LogP contribution is 2.44. The van der Waals surface area contributed by atoms with Gasteiger partial charge in [0.25, 0.3) is 0 Å². The number of carbonyl (C=O) groups excluding carboxylic acids is 1. The highest BCUT2D eigenvalue weighted by Gasteiger charge is 2.57. The van der Waals surface area contributed by atoms with Gasteiger partial charge in [-0.3, -0.25) is 4.79 Å². The largest absolute Gasteiger partial charge is 0.471 e. The molecule has 2 rings (SSSR count). The van der Waals surface area contributed by atoms with Crippen LogP contribution in [0.1, 0.15) is 26.2 Å². The minimum absolute atomic E-state index is 0. The van der Waals surface area contributed by atoms with Gasteiger partial charge in [-0.1, -0.05) is 6.92 Å². The predicted octanol–water partition coefficient (Wildman–Crippen LogP) is 1.71. The molecule has 1 saturated carbocycles. The minimum Gasteiger partial charge on any atom is -0.326 e. The van der Waals surface area contributed by atoms with E-state index in [1.54, 1.807) is 0 Å². The third-order valence-electron chi connectivity index (χ3n) is 3.50. The van der Waals surface area contributed by atoms with Gasteiger partial charge < -0.3 is 10.2 Å². The number of rotatable bonds is 1. The number of nitrogens with zero attached hydrogens (tertiary/aromatic N) is 1. The molecule has 7 heteroatoms. The minimum atomic E-state index is -4.74. The summed E-state index contributed by atoms with van der Waals surface area (Å²) in [5.41, 5.74) is -0.543. The second kappa shape index (κ2) is 4.65. The molecule has 1 saturated heterocycles. The maximum atomic E-state index is 12.4. The van der Waals surface area contributed by atoms with Gasteiger partial charge in [-0.25, -0.2) is 0 Å². The van der Waals surface area contributed by atoms with Crippen molar-refractivity contribution in [2.75, 3.05) is 13.1 Å². The third-order valence-corrected chi connectivity index (χ3v) is 3.50. The molecule has 0 aromatic heterocycles. The lowest BCUT2D eigenvalue weighted by Crippen LogP contribution is -2.62. The molecule has 1 atom stereocenters. The van der Waals surface area contributed by atoms with Crippen LogP contribution < -0.4 is 5.32 Å². The maximum Gasteiger partial charge on any atom is 0.471 e. The van der Waals surface area contributed by atoms with Gasteiger partial charge >= 0.3 is 12.1 Å². The normalized spacial score (nSPS) is 26.6. The fourth-order valence-electron chi connectivity index (χ4n) is 2.22. The van der Waals surface area contributed by atoms with Gasteiger partial charge in [-0.2, -0.15) is 13.2 Å². The molecule has 1 N–H and O–H groups in total. The smallest absolute Gasteiger partial charge is 0.326 e. The Hall–Kier alpha value is -0.490. The molecule has 0 radical (unpaired) electrons. The summed E-state index contributed by atoms with van der Waals surface area (Å²) in [6.45, 7) is 2.57. The molecule has 1 amide bonds. The van der Waals surface area contributed by atoms with E-state index >= 15 is 0 Å². The van der Waals surface area contributed by atoms with E-state index in [9.17, 15) is 18.0 Å². The van der Waals surface area contributed by atoms with E-state index in [0.717, 1.165) is 11.3 Å². The van der Waals surface area contributed by atoms with E-state index < -0.39 is 17.6 Å². The summed E-state index contributed by atoms with van der Waals surface area (Å²) >= 11 is 0. The van der Waals surface area contributed by atoms with Gasteiger partial charge in [0.15, 0.2) is 0 Å². The molecule has 0 aromatic carbocycles. The topological polar surface area (TPSA) is 32.3 Å². The summed E-state index contributed by atoms with van der Waals surface area (Å²) in [5, 5.41) is 3.20. The molecule has 0 aromatic rings. The zero-order chi connectivity index (χ0) is 12.0. The molecule has 100 valence electrons. The molecule has 1 spiro atoms. The molecule has 0 unspecified atom stereocenters. The monoisotopic (exact) mass is 272 g/mol. The molecule has 1 heterocycles. The Morgan fingerprint density at radius 2 is 2.06 bits per heavy atom. The Labute approximate surface area is 104 Å². The molecular weight excluding hydrogens is 257 g/mol. The van der Waals surface area contributed by atoms with Crippen LogP contribution in [0.25, 0.3) is 0 Å². The molecule has 1 aliphatic heterocycles. The van der Waals surface area contributed by atoms with Crippen LogP contribution >= 0.6 is 12.4 Å². The van der Waals surface area contributed by atoms with Crippen molar-refractivity contribution in [2.45, 2.75) is 43.9 Å². The summed E-state index contributed by atoms with van der Waals surface area (Å²) in [4.78, 5) is 12.3. The lowest BCUT2D eigenvalue weighted by molar-refractivity contribution is -0.190. The molecule has 2 aliphatic rings. The van der Waals surface area contributed by atoms with Crippen LogP contribution in [0.4, 0.5) is 13.2 Å². The van der Waals surface area contributed by atoms with E-state index in [4.69, 9.17) is 0 Å². The van der Waals surface area contributed by atoms with E-state index in [-0.39, 0.29) is 25.0 Å². The SMILES string of the molecule is CC[C@@H]1CN(C(=O)C(F)(F)F)C2(CC2)CN1.Cl. The Morgan fingerprint density at radius 3 is 2.47 bits per heavy atom. The van der Waals surface area contributed by atoms with Crippen LogP contribution in [-0.2, 0) is 4.79 Å². The Balaban J connectivity index is 0.00000144. The number of alkyl halides is 3. The van der Waals surface area contributed by atoms with E-state index in [0.29, 0.717) is 19.4 Å². The first-order valence-electron chi connectivity index (χ1n) is 5.51. The fourth-order valence-corrected chi connectivity index (χ4v) is 2.22. The molecule has 1 aliphatic carbocycles. The van der Waals surface area contributed by atoms with Crippen molar-refractivity contribution in [2.24, 2.45) is 0 Å². The quantitative estimate of drug-likeness (QED) is 0.788. The lowest BCUT2D eigenvalue weighted by Gasteiger charge is -2.41. The van der Waals surface area contributed by atoms with Crippen molar-refractivity contribution in [1.82, 2.24) is 10.2 Å². The van der Waals surface area contributed by atoms with E-state index in [1.165, 1.54) is 0 Å². The summed E-state index contributed by atoms with van der Waals surface area (Å²) in [6, 6.07) is -0.0162. The summed E-state index contributed by atoms with van der Waals surface area (Å²) in [6.07, 6.45) is -2.65. The first kappa shape index (κ1) is 14.6. The maximum absolute atomic E-state index is 12.4. The Morgan fingerprint density at radius 1 is 1.47 bits per heavy atom. The highest BCUT2D eigenvalue weighted by molar-refractivity contribution is 5.85. The van der Waals surface area contributed by atoms with Crippen molar-refractivity contribution in [1.29, 1.82) is 0 Å². The van der Waals surface area contributed by atoms with E-state index in [1.807, 2.05) is 6.92 Å². The molecule has 3 nitrogen and oxygen atoms in total. The summed E-state index contributed by atoms with van der Waals surface area (Å²) in [7, 11) is 0. The number of amides is 1. The van der Waals surface area contributed by atoms with Crippen molar-refractivity contribution < 1.29 is 18.0 Å². The predicted molar refractivity (Wildman–Crippen MR) is 59.1 cm³/mol. The lowest BCUT2D eigenvalue weighted by atomic mass is 10.1. The standard InChI is InChI=1S/C10H15F3N2O.ClH/c1-2-7-5-15(8(16)10(11,12)13)9(3-4-9)6-14-7;/h7,14H,2-6H2,1H3;1H/t7-;/m1./s1. The van der Waals surface area contributed by atoms with Gasteiger partial charge in [0.05, 0.1) is 5.54 Å².